The average Bonchev–Trinajstić information content (AvgIpc) is 2.24. The molecule has 0 amide bonds. The van der Waals surface area contributed by atoms with Crippen molar-refractivity contribution in [1.82, 2.24) is 0 Å². The molecule has 0 unspecified atom stereocenters. The Kier molecular flexibility index (Phi) is 5.44. The van der Waals surface area contributed by atoms with E-state index >= 15 is 0 Å². The van der Waals surface area contributed by atoms with Gasteiger partial charge in [0.05, 0.1) is 10.6 Å². The third kappa shape index (κ3) is 4.23. The third-order valence-electron chi connectivity index (χ3n) is 2.23. The van der Waals surface area contributed by atoms with Crippen molar-refractivity contribution in [2.75, 3.05) is 12.4 Å². The van der Waals surface area contributed by atoms with E-state index in [0.717, 1.165) is 10.9 Å². The molecule has 5 heteroatoms. The molecule has 0 radical (unpaired) electrons. The Labute approximate surface area is 105 Å². The molecule has 90 valence electrons. The highest BCUT2D eigenvalue weighted by atomic mass is 79.9. The molecule has 1 aromatic rings. The van der Waals surface area contributed by atoms with E-state index in [9.17, 15) is 8.42 Å². The summed E-state index contributed by atoms with van der Waals surface area (Å²) in [5, 5.41) is 8.59. The summed E-state index contributed by atoms with van der Waals surface area (Å²) in [5.41, 5.74) is 0. The number of aliphatic hydroxyl groups is 1. The maximum absolute atomic E-state index is 11.9. The zero-order valence-corrected chi connectivity index (χ0v) is 11.3. The summed E-state index contributed by atoms with van der Waals surface area (Å²) in [5.74, 6) is 0.142. The molecule has 1 rings (SSSR count). The van der Waals surface area contributed by atoms with Gasteiger partial charge < -0.3 is 5.11 Å². The number of halogens is 1. The van der Waals surface area contributed by atoms with Gasteiger partial charge in [-0.15, -0.1) is 0 Å². The van der Waals surface area contributed by atoms with E-state index in [-0.39, 0.29) is 12.4 Å². The maximum atomic E-state index is 11.9. The average molecular weight is 307 g/mol. The first kappa shape index (κ1) is 13.7. The molecule has 0 aliphatic carbocycles. The van der Waals surface area contributed by atoms with Gasteiger partial charge >= 0.3 is 0 Å². The highest BCUT2D eigenvalue weighted by Gasteiger charge is 2.13. The van der Waals surface area contributed by atoms with E-state index in [2.05, 4.69) is 15.9 Å². The van der Waals surface area contributed by atoms with Crippen LogP contribution in [-0.2, 0) is 9.84 Å². The van der Waals surface area contributed by atoms with Crippen LogP contribution in [0.2, 0.25) is 0 Å². The van der Waals surface area contributed by atoms with Gasteiger partial charge in [-0.1, -0.05) is 28.4 Å². The molecule has 0 saturated heterocycles. The van der Waals surface area contributed by atoms with Crippen LogP contribution in [0.4, 0.5) is 0 Å². The molecule has 0 spiro atoms. The van der Waals surface area contributed by atoms with Crippen molar-refractivity contribution >= 4 is 25.8 Å². The van der Waals surface area contributed by atoms with E-state index in [1.54, 1.807) is 24.3 Å². The van der Waals surface area contributed by atoms with Gasteiger partial charge in [0.1, 0.15) is 0 Å². The van der Waals surface area contributed by atoms with Crippen molar-refractivity contribution in [3.63, 3.8) is 0 Å². The summed E-state index contributed by atoms with van der Waals surface area (Å²) in [4.78, 5) is 0.353. The first-order valence-electron chi connectivity index (χ1n) is 5.15. The Bertz CT molecular complexity index is 429. The first-order chi connectivity index (χ1) is 7.56. The number of hydrogen-bond donors (Lipinski definition) is 1. The molecule has 0 bridgehead atoms. The zero-order chi connectivity index (χ0) is 12.0. The van der Waals surface area contributed by atoms with Crippen LogP contribution >= 0.6 is 15.9 Å². The predicted molar refractivity (Wildman–Crippen MR) is 67.1 cm³/mol. The Hall–Kier alpha value is -0.390. The van der Waals surface area contributed by atoms with Crippen LogP contribution in [0.5, 0.6) is 0 Å². The van der Waals surface area contributed by atoms with Crippen LogP contribution in [0.15, 0.2) is 33.6 Å². The number of unbranched alkanes of at least 4 members (excludes halogenated alkanes) is 2. The minimum Gasteiger partial charge on any atom is -0.396 e. The number of rotatable bonds is 6. The van der Waals surface area contributed by atoms with Crippen LogP contribution in [0.3, 0.4) is 0 Å². The minimum absolute atomic E-state index is 0.122. The van der Waals surface area contributed by atoms with Gasteiger partial charge in [-0.25, -0.2) is 8.42 Å². The van der Waals surface area contributed by atoms with Gasteiger partial charge in [0, 0.05) is 11.1 Å². The molecular formula is C11H15BrO3S. The Morgan fingerprint density at radius 3 is 2.56 bits per heavy atom. The molecular weight excluding hydrogens is 292 g/mol. The van der Waals surface area contributed by atoms with E-state index in [1.165, 1.54) is 0 Å². The van der Waals surface area contributed by atoms with Crippen LogP contribution in [0.25, 0.3) is 0 Å². The van der Waals surface area contributed by atoms with Gasteiger partial charge in [0.25, 0.3) is 0 Å². The molecule has 1 aromatic carbocycles. The van der Waals surface area contributed by atoms with Crippen molar-refractivity contribution in [1.29, 1.82) is 0 Å². The molecule has 0 aliphatic heterocycles. The van der Waals surface area contributed by atoms with Gasteiger partial charge in [0.2, 0.25) is 0 Å². The van der Waals surface area contributed by atoms with Crippen molar-refractivity contribution in [3.8, 4) is 0 Å². The van der Waals surface area contributed by atoms with Gasteiger partial charge in [-0.05, 0) is 31.0 Å². The number of benzene rings is 1. The lowest BCUT2D eigenvalue weighted by Gasteiger charge is -2.04. The molecule has 0 atom stereocenters. The number of hydrogen-bond acceptors (Lipinski definition) is 3. The molecule has 16 heavy (non-hydrogen) atoms. The second-order valence-electron chi connectivity index (χ2n) is 3.56. The highest BCUT2D eigenvalue weighted by molar-refractivity contribution is 9.10. The highest BCUT2D eigenvalue weighted by Crippen LogP contribution is 2.18. The Morgan fingerprint density at radius 1 is 1.19 bits per heavy atom. The molecule has 0 aliphatic rings. The Balaban J connectivity index is 2.64. The van der Waals surface area contributed by atoms with E-state index in [0.29, 0.717) is 17.7 Å². The fraction of sp³-hybridized carbons (Fsp3) is 0.455. The largest absolute Gasteiger partial charge is 0.396 e. The number of sulfone groups is 1. The molecule has 0 fully saturated rings. The van der Waals surface area contributed by atoms with Gasteiger partial charge in [0.15, 0.2) is 9.84 Å². The second kappa shape index (κ2) is 6.37. The zero-order valence-electron chi connectivity index (χ0n) is 8.89. The fourth-order valence-electron chi connectivity index (χ4n) is 1.36. The summed E-state index contributed by atoms with van der Waals surface area (Å²) in [6.45, 7) is 0.122. The normalized spacial score (nSPS) is 11.6. The van der Waals surface area contributed by atoms with Gasteiger partial charge in [-0.2, -0.15) is 0 Å². The molecule has 1 N–H and O–H groups in total. The maximum Gasteiger partial charge on any atom is 0.178 e. The Morgan fingerprint density at radius 2 is 1.94 bits per heavy atom. The lowest BCUT2D eigenvalue weighted by Crippen LogP contribution is -2.07. The van der Waals surface area contributed by atoms with Crippen LogP contribution < -0.4 is 0 Å². The quantitative estimate of drug-likeness (QED) is 0.821. The molecule has 0 saturated carbocycles. The monoisotopic (exact) mass is 306 g/mol. The molecule has 3 nitrogen and oxygen atoms in total. The van der Waals surface area contributed by atoms with Crippen LogP contribution in [-0.4, -0.2) is 25.9 Å². The lowest BCUT2D eigenvalue weighted by molar-refractivity contribution is 0.284. The topological polar surface area (TPSA) is 54.4 Å². The van der Waals surface area contributed by atoms with Crippen molar-refractivity contribution in [2.24, 2.45) is 0 Å². The minimum atomic E-state index is -3.17. The SMILES string of the molecule is O=S(=O)(CCCCCO)c1cccc(Br)c1. The summed E-state index contributed by atoms with van der Waals surface area (Å²) < 4.78 is 24.5. The summed E-state index contributed by atoms with van der Waals surface area (Å²) in [6.07, 6.45) is 1.99. The molecule has 0 aromatic heterocycles. The standard InChI is InChI=1S/C11H15BrO3S/c12-10-5-4-6-11(9-10)16(14,15)8-3-1-2-7-13/h4-6,9,13H,1-3,7-8H2. The lowest BCUT2D eigenvalue weighted by atomic mass is 10.3. The third-order valence-corrected chi connectivity index (χ3v) is 4.52. The first-order valence-corrected chi connectivity index (χ1v) is 7.60. The van der Waals surface area contributed by atoms with Gasteiger partial charge in [-0.3, -0.25) is 0 Å². The van der Waals surface area contributed by atoms with Crippen LogP contribution in [0, 0.1) is 0 Å². The fourth-order valence-corrected chi connectivity index (χ4v) is 3.32. The predicted octanol–water partition coefficient (Wildman–Crippen LogP) is 2.39. The molecule has 0 heterocycles. The smallest absolute Gasteiger partial charge is 0.178 e. The van der Waals surface area contributed by atoms with Crippen molar-refractivity contribution in [2.45, 2.75) is 24.2 Å². The second-order valence-corrected chi connectivity index (χ2v) is 6.59. The van der Waals surface area contributed by atoms with E-state index in [1.807, 2.05) is 0 Å². The van der Waals surface area contributed by atoms with E-state index < -0.39 is 9.84 Å². The van der Waals surface area contributed by atoms with E-state index in [4.69, 9.17) is 5.11 Å². The van der Waals surface area contributed by atoms with Crippen molar-refractivity contribution < 1.29 is 13.5 Å². The summed E-state index contributed by atoms with van der Waals surface area (Å²) in [7, 11) is -3.17. The van der Waals surface area contributed by atoms with Crippen LogP contribution in [0.1, 0.15) is 19.3 Å². The number of aliphatic hydroxyl groups excluding tert-OH is 1. The summed E-state index contributed by atoms with van der Waals surface area (Å²) in [6, 6.07) is 6.73. The van der Waals surface area contributed by atoms with Crippen molar-refractivity contribution in [3.05, 3.63) is 28.7 Å². The summed E-state index contributed by atoms with van der Waals surface area (Å²) >= 11 is 3.25.